The molecule has 0 fully saturated rings. The molecule has 22 heavy (non-hydrogen) atoms. The number of thiophene rings is 1. The number of ketones is 1. The van der Waals surface area contributed by atoms with Gasteiger partial charge in [0.2, 0.25) is 0 Å². The lowest BCUT2D eigenvalue weighted by molar-refractivity contribution is 0.0965. The first kappa shape index (κ1) is 13.5. The number of nitrogens with zero attached hydrogens (tertiary/aromatic N) is 1. The molecule has 4 heteroatoms. The second-order valence-electron chi connectivity index (χ2n) is 5.77. The molecule has 4 rings (SSSR count). The predicted octanol–water partition coefficient (Wildman–Crippen LogP) is 4.36. The molecule has 1 atom stereocenters. The number of rotatable bonds is 2. The third kappa shape index (κ3) is 2.20. The summed E-state index contributed by atoms with van der Waals surface area (Å²) >= 11 is 1.79. The van der Waals surface area contributed by atoms with Gasteiger partial charge in [-0.15, -0.1) is 11.3 Å². The Morgan fingerprint density at radius 1 is 1.14 bits per heavy atom. The van der Waals surface area contributed by atoms with E-state index in [1.165, 1.54) is 9.75 Å². The summed E-state index contributed by atoms with van der Waals surface area (Å²) in [6.45, 7) is 2.11. The number of carbonyl (C=O) groups is 1. The van der Waals surface area contributed by atoms with Gasteiger partial charge in [0.1, 0.15) is 5.69 Å². The maximum atomic E-state index is 12.7. The monoisotopic (exact) mass is 308 g/mol. The minimum atomic E-state index is 0.199. The number of aromatic amines is 1. The Kier molecular flexibility index (Phi) is 3.19. The van der Waals surface area contributed by atoms with Crippen LogP contribution < -0.4 is 0 Å². The Bertz CT molecular complexity index is 832. The van der Waals surface area contributed by atoms with Gasteiger partial charge in [-0.2, -0.15) is 5.10 Å². The maximum Gasteiger partial charge on any atom is 0.167 e. The number of carbonyl (C=O) groups excluding carboxylic acids is 1. The highest BCUT2D eigenvalue weighted by Gasteiger charge is 2.31. The van der Waals surface area contributed by atoms with Crippen molar-refractivity contribution in [1.29, 1.82) is 0 Å². The van der Waals surface area contributed by atoms with E-state index in [1.54, 1.807) is 11.3 Å². The first-order chi connectivity index (χ1) is 10.7. The molecule has 2 aromatic heterocycles. The highest BCUT2D eigenvalue weighted by Crippen LogP contribution is 2.38. The van der Waals surface area contributed by atoms with Crippen LogP contribution in [0.5, 0.6) is 0 Å². The summed E-state index contributed by atoms with van der Waals surface area (Å²) in [6, 6.07) is 14.2. The fourth-order valence-electron chi connectivity index (χ4n) is 3.15. The summed E-state index contributed by atoms with van der Waals surface area (Å²) < 4.78 is 0. The first-order valence-corrected chi connectivity index (χ1v) is 8.26. The molecule has 1 aliphatic carbocycles. The molecule has 0 amide bonds. The molecule has 2 heterocycles. The quantitative estimate of drug-likeness (QED) is 0.764. The number of hydrogen-bond acceptors (Lipinski definition) is 3. The van der Waals surface area contributed by atoms with E-state index in [-0.39, 0.29) is 11.7 Å². The van der Waals surface area contributed by atoms with Crippen LogP contribution in [-0.4, -0.2) is 16.0 Å². The standard InChI is InChI=1S/C18H16N2OS/c1-11-7-8-16(22-11)13-9-14-17(15(21)10-13)18(20-19-14)12-5-3-2-4-6-12/h2-8,13H,9-10H2,1H3,(H,19,20)/t13-/m0/s1. The highest BCUT2D eigenvalue weighted by molar-refractivity contribution is 7.12. The van der Waals surface area contributed by atoms with Crippen LogP contribution in [0, 0.1) is 6.92 Å². The molecular formula is C18H16N2OS. The van der Waals surface area contributed by atoms with E-state index >= 15 is 0 Å². The van der Waals surface area contributed by atoms with Crippen molar-refractivity contribution < 1.29 is 4.79 Å². The Labute approximate surface area is 133 Å². The van der Waals surface area contributed by atoms with Crippen LogP contribution >= 0.6 is 11.3 Å². The van der Waals surface area contributed by atoms with Gasteiger partial charge in [-0.3, -0.25) is 9.89 Å². The summed E-state index contributed by atoms with van der Waals surface area (Å²) in [5.74, 6) is 0.479. The average molecular weight is 308 g/mol. The van der Waals surface area contributed by atoms with Crippen molar-refractivity contribution in [2.24, 2.45) is 0 Å². The van der Waals surface area contributed by atoms with Gasteiger partial charge >= 0.3 is 0 Å². The summed E-state index contributed by atoms with van der Waals surface area (Å²) in [4.78, 5) is 15.3. The van der Waals surface area contributed by atoms with Crippen LogP contribution in [-0.2, 0) is 6.42 Å². The van der Waals surface area contributed by atoms with Gasteiger partial charge in [0.15, 0.2) is 5.78 Å². The highest BCUT2D eigenvalue weighted by atomic mass is 32.1. The lowest BCUT2D eigenvalue weighted by Crippen LogP contribution is -2.17. The van der Waals surface area contributed by atoms with Crippen molar-refractivity contribution in [3.63, 3.8) is 0 Å². The number of Topliss-reactive ketones (excluding diaryl/α,β-unsaturated/α-hetero) is 1. The Hall–Kier alpha value is -2.20. The van der Waals surface area contributed by atoms with E-state index in [9.17, 15) is 4.79 Å². The molecule has 3 nitrogen and oxygen atoms in total. The Morgan fingerprint density at radius 3 is 2.68 bits per heavy atom. The fraction of sp³-hybridized carbons (Fsp3) is 0.222. The van der Waals surface area contributed by atoms with Crippen LogP contribution in [0.25, 0.3) is 11.3 Å². The number of aryl methyl sites for hydroxylation is 1. The van der Waals surface area contributed by atoms with E-state index in [0.29, 0.717) is 6.42 Å². The number of aromatic nitrogens is 2. The normalized spacial score (nSPS) is 17.5. The van der Waals surface area contributed by atoms with E-state index in [2.05, 4.69) is 29.3 Å². The molecule has 0 unspecified atom stereocenters. The van der Waals surface area contributed by atoms with Crippen LogP contribution in [0.3, 0.4) is 0 Å². The number of nitrogens with one attached hydrogen (secondary N) is 1. The van der Waals surface area contributed by atoms with Gasteiger partial charge in [0, 0.05) is 33.4 Å². The minimum absolute atomic E-state index is 0.199. The summed E-state index contributed by atoms with van der Waals surface area (Å²) in [5, 5.41) is 7.50. The summed E-state index contributed by atoms with van der Waals surface area (Å²) in [6.07, 6.45) is 1.44. The second-order valence-corrected chi connectivity index (χ2v) is 7.09. The zero-order valence-electron chi connectivity index (χ0n) is 12.3. The first-order valence-electron chi connectivity index (χ1n) is 7.44. The van der Waals surface area contributed by atoms with Crippen LogP contribution in [0.15, 0.2) is 42.5 Å². The molecule has 0 spiro atoms. The van der Waals surface area contributed by atoms with Gasteiger partial charge in [-0.05, 0) is 25.5 Å². The van der Waals surface area contributed by atoms with Gasteiger partial charge in [-0.25, -0.2) is 0 Å². The largest absolute Gasteiger partial charge is 0.294 e. The maximum absolute atomic E-state index is 12.7. The zero-order valence-corrected chi connectivity index (χ0v) is 13.1. The average Bonchev–Trinajstić information content (AvgIpc) is 3.14. The fourth-order valence-corrected chi connectivity index (χ4v) is 4.13. The van der Waals surface area contributed by atoms with Crippen molar-refractivity contribution in [2.75, 3.05) is 0 Å². The SMILES string of the molecule is Cc1ccc([C@@H]2CC(=O)c3c(-c4ccccc4)n[nH]c3C2)s1. The van der Waals surface area contributed by atoms with Gasteiger partial charge in [0.25, 0.3) is 0 Å². The smallest absolute Gasteiger partial charge is 0.167 e. The molecule has 0 saturated carbocycles. The lowest BCUT2D eigenvalue weighted by atomic mass is 9.84. The van der Waals surface area contributed by atoms with Crippen molar-refractivity contribution in [2.45, 2.75) is 25.7 Å². The molecule has 1 aliphatic rings. The molecule has 1 N–H and O–H groups in total. The van der Waals surface area contributed by atoms with Crippen molar-refractivity contribution >= 4 is 17.1 Å². The number of hydrogen-bond donors (Lipinski definition) is 1. The van der Waals surface area contributed by atoms with Crippen LogP contribution in [0.4, 0.5) is 0 Å². The summed E-state index contributed by atoms with van der Waals surface area (Å²) in [5.41, 5.74) is 3.56. The number of H-pyrrole nitrogens is 1. The molecule has 0 radical (unpaired) electrons. The van der Waals surface area contributed by atoms with E-state index < -0.39 is 0 Å². The predicted molar refractivity (Wildman–Crippen MR) is 88.5 cm³/mol. The summed E-state index contributed by atoms with van der Waals surface area (Å²) in [7, 11) is 0. The third-order valence-corrected chi connectivity index (χ3v) is 5.38. The Balaban J connectivity index is 1.72. The van der Waals surface area contributed by atoms with Gasteiger partial charge in [0.05, 0.1) is 5.56 Å². The molecule has 110 valence electrons. The van der Waals surface area contributed by atoms with Crippen LogP contribution in [0.1, 0.15) is 38.1 Å². The van der Waals surface area contributed by atoms with Gasteiger partial charge < -0.3 is 0 Å². The van der Waals surface area contributed by atoms with Gasteiger partial charge in [-0.1, -0.05) is 30.3 Å². The number of benzene rings is 1. The molecule has 1 aromatic carbocycles. The minimum Gasteiger partial charge on any atom is -0.294 e. The molecular weight excluding hydrogens is 292 g/mol. The van der Waals surface area contributed by atoms with E-state index in [0.717, 1.165) is 28.9 Å². The van der Waals surface area contributed by atoms with Crippen LogP contribution in [0.2, 0.25) is 0 Å². The second kappa shape index (κ2) is 5.21. The third-order valence-electron chi connectivity index (χ3n) is 4.21. The van der Waals surface area contributed by atoms with Crippen molar-refractivity contribution in [3.8, 4) is 11.3 Å². The van der Waals surface area contributed by atoms with E-state index in [1.807, 2.05) is 30.3 Å². The zero-order chi connectivity index (χ0) is 15.1. The van der Waals surface area contributed by atoms with E-state index in [4.69, 9.17) is 0 Å². The molecule has 0 saturated heterocycles. The van der Waals surface area contributed by atoms with Crippen molar-refractivity contribution in [3.05, 3.63) is 63.5 Å². The molecule has 0 bridgehead atoms. The lowest BCUT2D eigenvalue weighted by Gasteiger charge is -2.20. The number of fused-ring (bicyclic) bond motifs is 1. The molecule has 0 aliphatic heterocycles. The Morgan fingerprint density at radius 2 is 1.95 bits per heavy atom. The topological polar surface area (TPSA) is 45.8 Å². The molecule has 3 aromatic rings. The van der Waals surface area contributed by atoms with Crippen molar-refractivity contribution in [1.82, 2.24) is 10.2 Å².